The Bertz CT molecular complexity index is 773. The molecule has 0 aromatic heterocycles. The number of carbonyl (C=O) groups excluding carboxylic acids is 2. The lowest BCUT2D eigenvalue weighted by atomic mass is 9.38. The van der Waals surface area contributed by atoms with Gasteiger partial charge in [-0.05, 0) is 55.3 Å². The summed E-state index contributed by atoms with van der Waals surface area (Å²) >= 11 is 0. The van der Waals surface area contributed by atoms with Gasteiger partial charge < -0.3 is 5.32 Å². The maximum absolute atomic E-state index is 13.4. The zero-order valence-electron chi connectivity index (χ0n) is 15.9. The summed E-state index contributed by atoms with van der Waals surface area (Å²) in [5.41, 5.74) is 2.99. The van der Waals surface area contributed by atoms with Gasteiger partial charge in [-0.25, -0.2) is 0 Å². The van der Waals surface area contributed by atoms with Crippen molar-refractivity contribution in [3.05, 3.63) is 35.1 Å². The van der Waals surface area contributed by atoms with Crippen molar-refractivity contribution in [2.24, 2.45) is 22.2 Å². The molecule has 2 saturated carbocycles. The minimum absolute atomic E-state index is 0.0367. The molecule has 3 nitrogen and oxygen atoms in total. The summed E-state index contributed by atoms with van der Waals surface area (Å²) in [6.45, 7) is 11.4. The predicted molar refractivity (Wildman–Crippen MR) is 98.8 cm³/mol. The highest BCUT2D eigenvalue weighted by Crippen LogP contribution is 2.76. The summed E-state index contributed by atoms with van der Waals surface area (Å²) in [6, 6.07) is 0. The standard InChI is InChI=1S/C22H29NO2/c1-13-7-6-9-22-18-15(17(24)11-16(23-5)19(18)25)12-21(22,4)14(2)8-10-20(13,22)3/h11,14,23H,1,6-10,12H2,2-5H3/t14-,20-,21+,22-/m0/s1. The van der Waals surface area contributed by atoms with Crippen LogP contribution >= 0.6 is 0 Å². The Balaban J connectivity index is 2.02. The van der Waals surface area contributed by atoms with Gasteiger partial charge in [0.2, 0.25) is 5.78 Å². The lowest BCUT2D eigenvalue weighted by molar-refractivity contribution is -0.127. The van der Waals surface area contributed by atoms with E-state index in [1.807, 2.05) is 0 Å². The van der Waals surface area contributed by atoms with Gasteiger partial charge in [0.25, 0.3) is 0 Å². The van der Waals surface area contributed by atoms with E-state index in [2.05, 4.69) is 32.7 Å². The second kappa shape index (κ2) is 4.96. The summed E-state index contributed by atoms with van der Waals surface area (Å²) in [5.74, 6) is 0.584. The van der Waals surface area contributed by atoms with Crippen molar-refractivity contribution in [3.8, 4) is 0 Å². The Morgan fingerprint density at radius 1 is 1.24 bits per heavy atom. The van der Waals surface area contributed by atoms with Crippen LogP contribution in [0.3, 0.4) is 0 Å². The predicted octanol–water partition coefficient (Wildman–Crippen LogP) is 4.11. The van der Waals surface area contributed by atoms with Crippen molar-refractivity contribution >= 4 is 11.6 Å². The largest absolute Gasteiger partial charge is 0.385 e. The number of rotatable bonds is 1. The van der Waals surface area contributed by atoms with E-state index in [-0.39, 0.29) is 27.8 Å². The molecule has 0 unspecified atom stereocenters. The smallest absolute Gasteiger partial charge is 0.205 e. The van der Waals surface area contributed by atoms with Gasteiger partial charge in [0.15, 0.2) is 5.78 Å². The third kappa shape index (κ3) is 1.68. The summed E-state index contributed by atoms with van der Waals surface area (Å²) in [5, 5.41) is 2.97. The molecule has 0 saturated heterocycles. The van der Waals surface area contributed by atoms with Crippen LogP contribution in [0.5, 0.6) is 0 Å². The van der Waals surface area contributed by atoms with Crippen LogP contribution in [0.15, 0.2) is 35.1 Å². The average Bonchev–Trinajstić information content (AvgIpc) is 2.86. The molecule has 134 valence electrons. The Kier molecular flexibility index (Phi) is 3.33. The first-order valence-corrected chi connectivity index (χ1v) is 9.63. The molecular weight excluding hydrogens is 310 g/mol. The maximum atomic E-state index is 13.4. The summed E-state index contributed by atoms with van der Waals surface area (Å²) in [7, 11) is 1.73. The second-order valence-electron chi connectivity index (χ2n) is 9.08. The molecule has 3 heteroatoms. The Morgan fingerprint density at radius 2 is 1.96 bits per heavy atom. The molecular formula is C22H29NO2. The zero-order valence-corrected chi connectivity index (χ0v) is 15.9. The highest BCUT2D eigenvalue weighted by atomic mass is 16.1. The van der Waals surface area contributed by atoms with Crippen molar-refractivity contribution < 1.29 is 9.59 Å². The van der Waals surface area contributed by atoms with E-state index in [4.69, 9.17) is 0 Å². The van der Waals surface area contributed by atoms with E-state index in [9.17, 15) is 9.59 Å². The van der Waals surface area contributed by atoms with E-state index in [0.29, 0.717) is 11.6 Å². The molecule has 25 heavy (non-hydrogen) atoms. The molecule has 2 fully saturated rings. The van der Waals surface area contributed by atoms with Crippen molar-refractivity contribution in [2.45, 2.75) is 59.3 Å². The highest BCUT2D eigenvalue weighted by molar-refractivity contribution is 6.24. The van der Waals surface area contributed by atoms with Gasteiger partial charge in [-0.15, -0.1) is 0 Å². The number of nitrogens with one attached hydrogen (secondary N) is 1. The number of likely N-dealkylation sites (N-methyl/N-ethyl adjacent to an activating group) is 1. The van der Waals surface area contributed by atoms with Gasteiger partial charge in [-0.2, -0.15) is 0 Å². The van der Waals surface area contributed by atoms with Crippen molar-refractivity contribution in [3.63, 3.8) is 0 Å². The Labute approximate surface area is 150 Å². The van der Waals surface area contributed by atoms with Crippen LogP contribution in [-0.4, -0.2) is 18.6 Å². The Morgan fingerprint density at radius 3 is 2.64 bits per heavy atom. The van der Waals surface area contributed by atoms with Crippen LogP contribution in [0.4, 0.5) is 0 Å². The first-order chi connectivity index (χ1) is 11.7. The monoisotopic (exact) mass is 339 g/mol. The number of hydrogen-bond donors (Lipinski definition) is 1. The zero-order chi connectivity index (χ0) is 18.2. The SMILES string of the molecule is C=C1CCC[C@@]23C4=C(C[C@]2(C)[C@@H](C)CC[C@@]13C)C(=O)C=C(NC)C4=O. The third-order valence-corrected chi connectivity index (χ3v) is 8.48. The quantitative estimate of drug-likeness (QED) is 0.577. The van der Waals surface area contributed by atoms with Crippen molar-refractivity contribution in [1.29, 1.82) is 0 Å². The minimum Gasteiger partial charge on any atom is -0.385 e. The number of Topliss-reactive ketones (excluding diaryl/α,β-unsaturated/α-hetero) is 1. The molecule has 4 aliphatic rings. The molecule has 0 heterocycles. The third-order valence-electron chi connectivity index (χ3n) is 8.48. The summed E-state index contributed by atoms with van der Waals surface area (Å²) < 4.78 is 0. The van der Waals surface area contributed by atoms with Gasteiger partial charge >= 0.3 is 0 Å². The van der Waals surface area contributed by atoms with Crippen LogP contribution in [0.25, 0.3) is 0 Å². The fourth-order valence-electron chi connectivity index (χ4n) is 6.84. The lowest BCUT2D eigenvalue weighted by Crippen LogP contribution is -2.59. The molecule has 0 aliphatic heterocycles. The van der Waals surface area contributed by atoms with Crippen LogP contribution < -0.4 is 5.32 Å². The van der Waals surface area contributed by atoms with E-state index in [1.54, 1.807) is 7.05 Å². The van der Waals surface area contributed by atoms with Gasteiger partial charge in [0.05, 0.1) is 5.70 Å². The first-order valence-electron chi connectivity index (χ1n) is 9.63. The second-order valence-corrected chi connectivity index (χ2v) is 9.08. The molecule has 4 aliphatic carbocycles. The topological polar surface area (TPSA) is 46.2 Å². The summed E-state index contributed by atoms with van der Waals surface area (Å²) in [6.07, 6.45) is 7.57. The maximum Gasteiger partial charge on any atom is 0.205 e. The molecule has 0 bridgehead atoms. The van der Waals surface area contributed by atoms with Gasteiger partial charge in [0, 0.05) is 29.7 Å². The molecule has 1 spiro atoms. The fourth-order valence-corrected chi connectivity index (χ4v) is 6.84. The molecule has 0 aromatic carbocycles. The van der Waals surface area contributed by atoms with Crippen LogP contribution in [0.1, 0.15) is 59.3 Å². The van der Waals surface area contributed by atoms with Gasteiger partial charge in [0.1, 0.15) is 0 Å². The molecule has 0 amide bonds. The first kappa shape index (κ1) is 16.8. The normalized spacial score (nSPS) is 43.4. The number of hydrogen-bond acceptors (Lipinski definition) is 3. The Hall–Kier alpha value is -1.64. The van der Waals surface area contributed by atoms with Gasteiger partial charge in [-0.3, -0.25) is 9.59 Å². The lowest BCUT2D eigenvalue weighted by Gasteiger charge is -2.65. The van der Waals surface area contributed by atoms with Crippen molar-refractivity contribution in [2.75, 3.05) is 7.05 Å². The van der Waals surface area contributed by atoms with E-state index in [0.717, 1.165) is 49.7 Å². The molecule has 0 radical (unpaired) electrons. The molecule has 1 N–H and O–H groups in total. The van der Waals surface area contributed by atoms with Crippen molar-refractivity contribution in [1.82, 2.24) is 5.32 Å². The highest BCUT2D eigenvalue weighted by Gasteiger charge is 2.71. The molecule has 0 aromatic rings. The van der Waals surface area contributed by atoms with E-state index < -0.39 is 0 Å². The summed E-state index contributed by atoms with van der Waals surface area (Å²) in [4.78, 5) is 26.3. The number of allylic oxidation sites excluding steroid dienone is 4. The molecule has 4 rings (SSSR count). The van der Waals surface area contributed by atoms with Crippen LogP contribution in [0.2, 0.25) is 0 Å². The molecule has 4 atom stereocenters. The van der Waals surface area contributed by atoms with Crippen LogP contribution in [-0.2, 0) is 9.59 Å². The van der Waals surface area contributed by atoms with E-state index >= 15 is 0 Å². The minimum atomic E-state index is -0.245. The number of ketones is 2. The number of carbonyl (C=O) groups is 2. The van der Waals surface area contributed by atoms with Gasteiger partial charge in [-0.1, -0.05) is 32.9 Å². The average molecular weight is 339 g/mol. The van der Waals surface area contributed by atoms with E-state index in [1.165, 1.54) is 11.6 Å². The van der Waals surface area contributed by atoms with Crippen LogP contribution in [0, 0.1) is 22.2 Å². The fraction of sp³-hybridized carbons (Fsp3) is 0.636.